The smallest absolute Gasteiger partial charge is 0.223 e. The average Bonchev–Trinajstić information content (AvgIpc) is 2.55. The molecule has 0 bridgehead atoms. The molecule has 0 aliphatic heterocycles. The van der Waals surface area contributed by atoms with Crippen molar-refractivity contribution >= 4 is 5.91 Å². The highest BCUT2D eigenvalue weighted by Gasteiger charge is 2.07. The van der Waals surface area contributed by atoms with Crippen molar-refractivity contribution in [3.8, 4) is 5.75 Å². The fourth-order valence-electron chi connectivity index (χ4n) is 2.15. The van der Waals surface area contributed by atoms with Gasteiger partial charge in [0.2, 0.25) is 5.91 Å². The van der Waals surface area contributed by atoms with Gasteiger partial charge in [0, 0.05) is 6.54 Å². The molecule has 1 atom stereocenters. The maximum absolute atomic E-state index is 11.8. The van der Waals surface area contributed by atoms with Gasteiger partial charge in [-0.25, -0.2) is 0 Å². The maximum Gasteiger partial charge on any atom is 0.223 e. The van der Waals surface area contributed by atoms with Crippen molar-refractivity contribution in [1.82, 2.24) is 5.32 Å². The Hall–Kier alpha value is -2.29. The van der Waals surface area contributed by atoms with Crippen LogP contribution in [0.4, 0.5) is 0 Å². The summed E-state index contributed by atoms with van der Waals surface area (Å²) in [6.07, 6.45) is 0.370. The van der Waals surface area contributed by atoms with E-state index < -0.39 is 0 Å². The number of rotatable bonds is 7. The monoisotopic (exact) mass is 297 g/mol. The lowest BCUT2D eigenvalue weighted by Gasteiger charge is -2.13. The van der Waals surface area contributed by atoms with Crippen LogP contribution in [0.2, 0.25) is 0 Å². The van der Waals surface area contributed by atoms with Gasteiger partial charge in [0.1, 0.15) is 5.75 Å². The number of nitrogens with one attached hydrogen (secondary N) is 1. The Kier molecular flexibility index (Phi) is 6.01. The lowest BCUT2D eigenvalue weighted by molar-refractivity contribution is -0.121. The molecule has 0 aliphatic rings. The number of hydrogen-bond donors (Lipinski definition) is 1. The fourth-order valence-corrected chi connectivity index (χ4v) is 2.15. The highest BCUT2D eigenvalue weighted by atomic mass is 16.5. The zero-order chi connectivity index (χ0) is 15.8. The van der Waals surface area contributed by atoms with E-state index in [1.54, 1.807) is 0 Å². The van der Waals surface area contributed by atoms with E-state index in [-0.39, 0.29) is 5.91 Å². The number of benzene rings is 2. The van der Waals surface area contributed by atoms with E-state index in [1.807, 2.05) is 49.4 Å². The van der Waals surface area contributed by atoms with E-state index in [2.05, 4.69) is 24.4 Å². The van der Waals surface area contributed by atoms with Crippen LogP contribution in [0.15, 0.2) is 54.6 Å². The molecule has 0 heterocycles. The number of ether oxygens (including phenoxy) is 1. The van der Waals surface area contributed by atoms with E-state index in [1.165, 1.54) is 11.1 Å². The summed E-state index contributed by atoms with van der Waals surface area (Å²) < 4.78 is 5.56. The largest absolute Gasteiger partial charge is 0.493 e. The van der Waals surface area contributed by atoms with Crippen molar-refractivity contribution in [2.75, 3.05) is 13.2 Å². The van der Waals surface area contributed by atoms with Crippen LogP contribution in [0.3, 0.4) is 0 Å². The molecular weight excluding hydrogens is 274 g/mol. The maximum atomic E-state index is 11.8. The van der Waals surface area contributed by atoms with Crippen molar-refractivity contribution in [1.29, 1.82) is 0 Å². The topological polar surface area (TPSA) is 38.3 Å². The summed E-state index contributed by atoms with van der Waals surface area (Å²) in [5, 5.41) is 2.96. The van der Waals surface area contributed by atoms with Crippen molar-refractivity contribution in [3.63, 3.8) is 0 Å². The molecule has 1 amide bonds. The van der Waals surface area contributed by atoms with Crippen molar-refractivity contribution in [3.05, 3.63) is 65.7 Å². The SMILES string of the molecule is Cc1ccc(OCCC(=O)NC[C@@H](C)c2ccccc2)cc1. The van der Waals surface area contributed by atoms with Crippen LogP contribution in [0.25, 0.3) is 0 Å². The van der Waals surface area contributed by atoms with Gasteiger partial charge in [0.05, 0.1) is 13.0 Å². The van der Waals surface area contributed by atoms with Gasteiger partial charge in [-0.2, -0.15) is 0 Å². The minimum atomic E-state index is 0.0230. The van der Waals surface area contributed by atoms with Gasteiger partial charge in [-0.1, -0.05) is 55.0 Å². The standard InChI is InChI=1S/C19H23NO2/c1-15-8-10-18(11-9-15)22-13-12-19(21)20-14-16(2)17-6-4-3-5-7-17/h3-11,16H,12-14H2,1-2H3,(H,20,21)/t16-/m1/s1. The minimum absolute atomic E-state index is 0.0230. The molecule has 0 radical (unpaired) electrons. The highest BCUT2D eigenvalue weighted by Crippen LogP contribution is 2.13. The summed E-state index contributed by atoms with van der Waals surface area (Å²) in [7, 11) is 0. The Morgan fingerprint density at radius 1 is 1.09 bits per heavy atom. The molecular formula is C19H23NO2. The predicted molar refractivity (Wildman–Crippen MR) is 89.2 cm³/mol. The number of hydrogen-bond acceptors (Lipinski definition) is 2. The first-order valence-corrected chi connectivity index (χ1v) is 7.66. The molecule has 2 aromatic carbocycles. The van der Waals surface area contributed by atoms with Crippen LogP contribution in [0, 0.1) is 6.92 Å². The molecule has 0 saturated heterocycles. The molecule has 0 unspecified atom stereocenters. The van der Waals surface area contributed by atoms with E-state index in [0.29, 0.717) is 25.5 Å². The zero-order valence-corrected chi connectivity index (χ0v) is 13.2. The second kappa shape index (κ2) is 8.23. The first-order chi connectivity index (χ1) is 10.6. The first-order valence-electron chi connectivity index (χ1n) is 7.66. The number of aryl methyl sites for hydroxylation is 1. The molecule has 0 aromatic heterocycles. The molecule has 3 heteroatoms. The van der Waals surface area contributed by atoms with Crippen LogP contribution in [0.1, 0.15) is 30.4 Å². The van der Waals surface area contributed by atoms with Crippen molar-refractivity contribution in [2.45, 2.75) is 26.2 Å². The van der Waals surface area contributed by atoms with Gasteiger partial charge in [-0.15, -0.1) is 0 Å². The van der Waals surface area contributed by atoms with E-state index in [0.717, 1.165) is 5.75 Å². The summed E-state index contributed by atoms with van der Waals surface area (Å²) in [6, 6.07) is 18.0. The highest BCUT2D eigenvalue weighted by molar-refractivity contribution is 5.76. The van der Waals surface area contributed by atoms with Crippen LogP contribution < -0.4 is 10.1 Å². The summed E-state index contributed by atoms with van der Waals surface area (Å²) in [4.78, 5) is 11.8. The van der Waals surface area contributed by atoms with Crippen LogP contribution >= 0.6 is 0 Å². The average molecular weight is 297 g/mol. The normalized spacial score (nSPS) is 11.7. The second-order valence-electron chi connectivity index (χ2n) is 5.53. The van der Waals surface area contributed by atoms with E-state index >= 15 is 0 Å². The van der Waals surface area contributed by atoms with Gasteiger partial charge >= 0.3 is 0 Å². The summed E-state index contributed by atoms with van der Waals surface area (Å²) in [5.74, 6) is 1.13. The molecule has 0 saturated carbocycles. The third-order valence-electron chi connectivity index (χ3n) is 3.59. The minimum Gasteiger partial charge on any atom is -0.493 e. The fraction of sp³-hybridized carbons (Fsp3) is 0.316. The Labute approximate surface area is 132 Å². The van der Waals surface area contributed by atoms with Gasteiger partial charge in [-0.05, 0) is 30.5 Å². The Bertz CT molecular complexity index is 578. The number of amides is 1. The Morgan fingerprint density at radius 3 is 2.45 bits per heavy atom. The van der Waals surface area contributed by atoms with Crippen molar-refractivity contribution < 1.29 is 9.53 Å². The Morgan fingerprint density at radius 2 is 1.77 bits per heavy atom. The third kappa shape index (κ3) is 5.24. The molecule has 0 spiro atoms. The third-order valence-corrected chi connectivity index (χ3v) is 3.59. The molecule has 0 aliphatic carbocycles. The lowest BCUT2D eigenvalue weighted by atomic mass is 10.0. The molecule has 2 aromatic rings. The van der Waals surface area contributed by atoms with E-state index in [9.17, 15) is 4.79 Å². The first kappa shape index (κ1) is 16.1. The molecule has 3 nitrogen and oxygen atoms in total. The van der Waals surface area contributed by atoms with Crippen LogP contribution in [-0.2, 0) is 4.79 Å². The van der Waals surface area contributed by atoms with Gasteiger partial charge in [0.15, 0.2) is 0 Å². The number of carbonyl (C=O) groups excluding carboxylic acids is 1. The summed E-state index contributed by atoms with van der Waals surface area (Å²) >= 11 is 0. The summed E-state index contributed by atoms with van der Waals surface area (Å²) in [6.45, 7) is 5.19. The Balaban J connectivity index is 1.66. The van der Waals surface area contributed by atoms with Crippen molar-refractivity contribution in [2.24, 2.45) is 0 Å². The molecule has 1 N–H and O–H groups in total. The summed E-state index contributed by atoms with van der Waals surface area (Å²) in [5.41, 5.74) is 2.43. The van der Waals surface area contributed by atoms with Gasteiger partial charge < -0.3 is 10.1 Å². The van der Waals surface area contributed by atoms with Crippen LogP contribution in [0.5, 0.6) is 5.75 Å². The molecule has 116 valence electrons. The van der Waals surface area contributed by atoms with E-state index in [4.69, 9.17) is 4.74 Å². The van der Waals surface area contributed by atoms with Crippen LogP contribution in [-0.4, -0.2) is 19.1 Å². The second-order valence-corrected chi connectivity index (χ2v) is 5.53. The predicted octanol–water partition coefficient (Wildman–Crippen LogP) is 3.68. The molecule has 2 rings (SSSR count). The number of carbonyl (C=O) groups is 1. The molecule has 22 heavy (non-hydrogen) atoms. The van der Waals surface area contributed by atoms with Gasteiger partial charge in [-0.3, -0.25) is 4.79 Å². The molecule has 0 fully saturated rings. The zero-order valence-electron chi connectivity index (χ0n) is 13.2. The van der Waals surface area contributed by atoms with Gasteiger partial charge in [0.25, 0.3) is 0 Å². The lowest BCUT2D eigenvalue weighted by Crippen LogP contribution is -2.28. The quantitative estimate of drug-likeness (QED) is 0.846.